The molecule has 0 aromatic heterocycles. The quantitative estimate of drug-likeness (QED) is 0.0978. The third kappa shape index (κ3) is 13.1. The van der Waals surface area contributed by atoms with Gasteiger partial charge in [0.1, 0.15) is 0 Å². The molecule has 0 saturated carbocycles. The smallest absolute Gasteiger partial charge is 0.388 e. The van der Waals surface area contributed by atoms with Gasteiger partial charge in [0.25, 0.3) is 0 Å². The first-order chi connectivity index (χ1) is 18.7. The number of benzene rings is 2. The Hall–Kier alpha value is -1.42. The molecule has 1 unspecified atom stereocenters. The van der Waals surface area contributed by atoms with Crippen molar-refractivity contribution >= 4 is 18.9 Å². The minimum atomic E-state index is -2.78. The van der Waals surface area contributed by atoms with Crippen molar-refractivity contribution in [2.24, 2.45) is 0 Å². The minimum absolute atomic E-state index is 0.185. The van der Waals surface area contributed by atoms with E-state index in [-0.39, 0.29) is 6.10 Å². The molecule has 0 aliphatic carbocycles. The molecule has 0 spiro atoms. The highest BCUT2D eigenvalue weighted by atomic mass is 28.4. The van der Waals surface area contributed by atoms with Crippen molar-refractivity contribution < 1.29 is 8.85 Å². The molecule has 1 atom stereocenters. The van der Waals surface area contributed by atoms with E-state index in [0.717, 1.165) is 19.4 Å². The van der Waals surface area contributed by atoms with Gasteiger partial charge >= 0.3 is 8.56 Å². The zero-order valence-corrected chi connectivity index (χ0v) is 26.1. The third-order valence-electron chi connectivity index (χ3n) is 7.69. The van der Waals surface area contributed by atoms with Crippen molar-refractivity contribution in [3.63, 3.8) is 0 Å². The van der Waals surface area contributed by atoms with E-state index in [1.54, 1.807) is 0 Å². The maximum Gasteiger partial charge on any atom is 0.407 e. The van der Waals surface area contributed by atoms with Gasteiger partial charge < -0.3 is 8.85 Å². The molecular formula is C35H58O2Si. The highest BCUT2D eigenvalue weighted by Gasteiger charge is 2.43. The maximum absolute atomic E-state index is 6.99. The van der Waals surface area contributed by atoms with Crippen LogP contribution in [-0.2, 0) is 8.85 Å². The van der Waals surface area contributed by atoms with Crippen LogP contribution in [0, 0.1) is 0 Å². The van der Waals surface area contributed by atoms with Crippen LogP contribution in [0.1, 0.15) is 136 Å². The van der Waals surface area contributed by atoms with Crippen LogP contribution in [0.15, 0.2) is 60.7 Å². The van der Waals surface area contributed by atoms with Crippen LogP contribution in [0.25, 0.3) is 0 Å². The van der Waals surface area contributed by atoms with E-state index in [4.69, 9.17) is 8.85 Å². The van der Waals surface area contributed by atoms with E-state index in [9.17, 15) is 0 Å². The van der Waals surface area contributed by atoms with Crippen LogP contribution in [0.5, 0.6) is 0 Å². The average molecular weight is 539 g/mol. The Labute approximate surface area is 237 Å². The van der Waals surface area contributed by atoms with Crippen molar-refractivity contribution in [2.75, 3.05) is 6.61 Å². The average Bonchev–Trinajstić information content (AvgIpc) is 2.95. The Morgan fingerprint density at radius 2 is 0.921 bits per heavy atom. The summed E-state index contributed by atoms with van der Waals surface area (Å²) in [5, 5.41) is 2.44. The summed E-state index contributed by atoms with van der Waals surface area (Å²) in [6, 6.07) is 21.5. The Morgan fingerprint density at radius 1 is 0.526 bits per heavy atom. The van der Waals surface area contributed by atoms with Crippen LogP contribution in [0.3, 0.4) is 0 Å². The first-order valence-electron chi connectivity index (χ1n) is 16.2. The first-order valence-corrected chi connectivity index (χ1v) is 18.0. The molecule has 0 aliphatic rings. The molecule has 0 bridgehead atoms. The molecule has 0 fully saturated rings. The van der Waals surface area contributed by atoms with Gasteiger partial charge in [0.2, 0.25) is 0 Å². The van der Waals surface area contributed by atoms with Gasteiger partial charge in [-0.2, -0.15) is 0 Å². The zero-order valence-electron chi connectivity index (χ0n) is 25.1. The lowest BCUT2D eigenvalue weighted by Crippen LogP contribution is -2.64. The molecule has 3 heteroatoms. The van der Waals surface area contributed by atoms with E-state index in [0.29, 0.717) is 0 Å². The Kier molecular flexibility index (Phi) is 18.5. The predicted molar refractivity (Wildman–Crippen MR) is 169 cm³/mol. The van der Waals surface area contributed by atoms with Crippen LogP contribution in [0.4, 0.5) is 0 Å². The Morgan fingerprint density at radius 3 is 1.37 bits per heavy atom. The van der Waals surface area contributed by atoms with E-state index in [1.807, 2.05) is 0 Å². The number of rotatable bonds is 24. The molecule has 0 N–H and O–H groups in total. The van der Waals surface area contributed by atoms with E-state index in [2.05, 4.69) is 81.4 Å². The van der Waals surface area contributed by atoms with Crippen LogP contribution < -0.4 is 10.4 Å². The lowest BCUT2D eigenvalue weighted by molar-refractivity contribution is 0.132. The van der Waals surface area contributed by atoms with Gasteiger partial charge in [-0.05, 0) is 30.1 Å². The number of hydrogen-bond acceptors (Lipinski definition) is 2. The van der Waals surface area contributed by atoms with Crippen molar-refractivity contribution in [3.05, 3.63) is 60.7 Å². The molecule has 2 aromatic carbocycles. The van der Waals surface area contributed by atoms with Crippen molar-refractivity contribution in [3.8, 4) is 0 Å². The van der Waals surface area contributed by atoms with Gasteiger partial charge in [0.15, 0.2) is 0 Å². The van der Waals surface area contributed by atoms with Crippen molar-refractivity contribution in [1.82, 2.24) is 0 Å². The van der Waals surface area contributed by atoms with Crippen LogP contribution in [-0.4, -0.2) is 21.3 Å². The normalized spacial score (nSPS) is 12.6. The first kappa shape index (κ1) is 32.8. The SMILES string of the molecule is CCCCCCCCCCCCCCCCO[Si](OC(C)CCCCC)(c1ccccc1)c1ccccc1. The van der Waals surface area contributed by atoms with Gasteiger partial charge in [0.05, 0.1) is 0 Å². The molecule has 2 aromatic rings. The fraction of sp³-hybridized carbons (Fsp3) is 0.657. The molecule has 0 saturated heterocycles. The monoisotopic (exact) mass is 538 g/mol. The second kappa shape index (κ2) is 21.4. The highest BCUT2D eigenvalue weighted by molar-refractivity contribution is 6.92. The molecule has 214 valence electrons. The highest BCUT2D eigenvalue weighted by Crippen LogP contribution is 2.18. The van der Waals surface area contributed by atoms with E-state index in [1.165, 1.54) is 113 Å². The fourth-order valence-electron chi connectivity index (χ4n) is 5.36. The molecule has 2 nitrogen and oxygen atoms in total. The molecule has 0 aliphatic heterocycles. The molecular weight excluding hydrogens is 480 g/mol. The summed E-state index contributed by atoms with van der Waals surface area (Å²) in [5.41, 5.74) is 0. The summed E-state index contributed by atoms with van der Waals surface area (Å²) in [5.74, 6) is 0. The van der Waals surface area contributed by atoms with Gasteiger partial charge in [-0.15, -0.1) is 0 Å². The summed E-state index contributed by atoms with van der Waals surface area (Å²) >= 11 is 0. The number of hydrogen-bond donors (Lipinski definition) is 0. The summed E-state index contributed by atoms with van der Waals surface area (Å²) in [6.45, 7) is 7.57. The summed E-state index contributed by atoms with van der Waals surface area (Å²) < 4.78 is 13.9. The van der Waals surface area contributed by atoms with Gasteiger partial charge in [-0.25, -0.2) is 0 Å². The van der Waals surface area contributed by atoms with Crippen LogP contribution >= 0.6 is 0 Å². The fourth-order valence-corrected chi connectivity index (χ4v) is 8.74. The minimum Gasteiger partial charge on any atom is -0.388 e. The topological polar surface area (TPSA) is 18.5 Å². The zero-order chi connectivity index (χ0) is 27.2. The lowest BCUT2D eigenvalue weighted by Gasteiger charge is -2.34. The standard InChI is InChI=1S/C35H58O2Si/c1-4-6-8-9-10-11-12-13-14-15-16-17-18-26-32-36-38(34-28-22-19-23-29-34,35-30-24-20-25-31-35)37-33(3)27-21-7-5-2/h19-20,22-25,28-31,33H,4-18,21,26-27,32H2,1-3H3. The molecule has 0 amide bonds. The molecule has 0 heterocycles. The Bertz CT molecular complexity index is 740. The molecule has 0 radical (unpaired) electrons. The molecule has 38 heavy (non-hydrogen) atoms. The van der Waals surface area contributed by atoms with Gasteiger partial charge in [-0.1, -0.05) is 177 Å². The third-order valence-corrected chi connectivity index (χ3v) is 11.2. The molecule has 2 rings (SSSR count). The predicted octanol–water partition coefficient (Wildman–Crippen LogP) is 9.73. The van der Waals surface area contributed by atoms with E-state index < -0.39 is 8.56 Å². The Balaban J connectivity index is 1.80. The largest absolute Gasteiger partial charge is 0.407 e. The van der Waals surface area contributed by atoms with Gasteiger partial charge in [-0.3, -0.25) is 0 Å². The maximum atomic E-state index is 6.99. The lowest BCUT2D eigenvalue weighted by atomic mass is 10.0. The number of unbranched alkanes of at least 4 members (excludes halogenated alkanes) is 15. The van der Waals surface area contributed by atoms with Crippen molar-refractivity contribution in [1.29, 1.82) is 0 Å². The van der Waals surface area contributed by atoms with Gasteiger partial charge in [0, 0.05) is 12.7 Å². The van der Waals surface area contributed by atoms with Crippen molar-refractivity contribution in [2.45, 2.75) is 142 Å². The summed E-state index contributed by atoms with van der Waals surface area (Å²) in [7, 11) is -2.78. The summed E-state index contributed by atoms with van der Waals surface area (Å²) in [6.07, 6.45) is 24.2. The summed E-state index contributed by atoms with van der Waals surface area (Å²) in [4.78, 5) is 0. The second-order valence-corrected chi connectivity index (χ2v) is 14.1. The van der Waals surface area contributed by atoms with Crippen LogP contribution in [0.2, 0.25) is 0 Å². The van der Waals surface area contributed by atoms with E-state index >= 15 is 0 Å². The second-order valence-electron chi connectivity index (χ2n) is 11.2.